The lowest BCUT2D eigenvalue weighted by molar-refractivity contribution is -0.115. The van der Waals surface area contributed by atoms with Crippen molar-refractivity contribution in [1.82, 2.24) is 10.2 Å². The normalized spacial score (nSPS) is 12.8. The maximum Gasteiger partial charge on any atom is 0.277 e. The van der Waals surface area contributed by atoms with Crippen LogP contribution < -0.4 is 10.1 Å². The average molecular weight is 429 g/mol. The molecule has 1 heterocycles. The van der Waals surface area contributed by atoms with Crippen molar-refractivity contribution >= 4 is 29.1 Å². The first-order chi connectivity index (χ1) is 14.3. The van der Waals surface area contributed by atoms with E-state index in [1.807, 2.05) is 0 Å². The number of aromatic nitrogens is 2. The van der Waals surface area contributed by atoms with Gasteiger partial charge in [0.15, 0.2) is 23.5 Å². The predicted octanol–water partition coefficient (Wildman–Crippen LogP) is 4.67. The fraction of sp³-hybridized carbons (Fsp3) is 0.238. The number of carbonyl (C=O) groups excluding carboxylic acids is 2. The van der Waals surface area contributed by atoms with Crippen molar-refractivity contribution in [3.63, 3.8) is 0 Å². The Bertz CT molecular complexity index is 1060. The predicted molar refractivity (Wildman–Crippen MR) is 110 cm³/mol. The Morgan fingerprint density at radius 3 is 2.63 bits per heavy atom. The van der Waals surface area contributed by atoms with Crippen molar-refractivity contribution < 1.29 is 23.1 Å². The molecule has 3 rings (SSSR count). The highest BCUT2D eigenvalue weighted by atomic mass is 32.2. The average Bonchev–Trinajstić information content (AvgIpc) is 3.18. The van der Waals surface area contributed by atoms with Gasteiger partial charge in [-0.1, -0.05) is 36.0 Å². The molecule has 0 unspecified atom stereocenters. The molecular formula is C21H20FN3O4S. The molecule has 3 aromatic rings. The molecule has 0 radical (unpaired) electrons. The van der Waals surface area contributed by atoms with Gasteiger partial charge in [-0.15, -0.1) is 10.2 Å². The van der Waals surface area contributed by atoms with E-state index in [1.165, 1.54) is 19.1 Å². The molecule has 9 heteroatoms. The van der Waals surface area contributed by atoms with E-state index in [0.29, 0.717) is 11.3 Å². The molecule has 0 aliphatic carbocycles. The monoisotopic (exact) mass is 429 g/mol. The first kappa shape index (κ1) is 21.5. The number of benzene rings is 2. The Hall–Kier alpha value is -3.20. The molecule has 2 atom stereocenters. The van der Waals surface area contributed by atoms with Crippen LogP contribution in [-0.4, -0.2) is 27.1 Å². The molecule has 0 aliphatic heterocycles. The van der Waals surface area contributed by atoms with Crippen LogP contribution in [0, 0.1) is 5.82 Å². The number of halogens is 1. The second-order valence-electron chi connectivity index (χ2n) is 6.48. The number of amides is 1. The third-order valence-corrected chi connectivity index (χ3v) is 5.03. The summed E-state index contributed by atoms with van der Waals surface area (Å²) in [5.74, 6) is -0.604. The van der Waals surface area contributed by atoms with Crippen molar-refractivity contribution in [2.24, 2.45) is 0 Å². The minimum absolute atomic E-state index is 0.0814. The van der Waals surface area contributed by atoms with Crippen LogP contribution in [0.25, 0.3) is 0 Å². The SMILES string of the molecule is CC(=O)c1cccc(NC(=O)[C@@H](C)Sc2nnc([C@H](C)Oc3ccccc3F)o2)c1. The van der Waals surface area contributed by atoms with Crippen LogP contribution >= 0.6 is 11.8 Å². The number of thioether (sulfide) groups is 1. The van der Waals surface area contributed by atoms with E-state index in [2.05, 4.69) is 15.5 Å². The first-order valence-electron chi connectivity index (χ1n) is 9.16. The lowest BCUT2D eigenvalue weighted by atomic mass is 10.1. The third kappa shape index (κ3) is 5.44. The van der Waals surface area contributed by atoms with Gasteiger partial charge in [0.2, 0.25) is 5.91 Å². The Labute approximate surface area is 177 Å². The van der Waals surface area contributed by atoms with Crippen molar-refractivity contribution in [3.05, 3.63) is 65.8 Å². The van der Waals surface area contributed by atoms with Crippen molar-refractivity contribution in [2.45, 2.75) is 37.3 Å². The van der Waals surface area contributed by atoms with Gasteiger partial charge in [-0.25, -0.2) is 4.39 Å². The number of ketones is 1. The van der Waals surface area contributed by atoms with Gasteiger partial charge < -0.3 is 14.5 Å². The fourth-order valence-electron chi connectivity index (χ4n) is 2.48. The first-order valence-corrected chi connectivity index (χ1v) is 10.0. The van der Waals surface area contributed by atoms with E-state index in [-0.39, 0.29) is 28.6 Å². The maximum atomic E-state index is 13.7. The summed E-state index contributed by atoms with van der Waals surface area (Å²) in [4.78, 5) is 23.9. The Kier molecular flexibility index (Phi) is 6.83. The van der Waals surface area contributed by atoms with Gasteiger partial charge in [0.05, 0.1) is 5.25 Å². The lowest BCUT2D eigenvalue weighted by Crippen LogP contribution is -2.22. The molecule has 0 saturated heterocycles. The van der Waals surface area contributed by atoms with Crippen LogP contribution in [0.4, 0.5) is 10.1 Å². The number of anilines is 1. The van der Waals surface area contributed by atoms with E-state index >= 15 is 0 Å². The van der Waals surface area contributed by atoms with Crippen LogP contribution in [0.2, 0.25) is 0 Å². The van der Waals surface area contributed by atoms with E-state index in [9.17, 15) is 14.0 Å². The number of hydrogen-bond donors (Lipinski definition) is 1. The van der Waals surface area contributed by atoms with Gasteiger partial charge in [-0.3, -0.25) is 9.59 Å². The standard InChI is InChI=1S/C21H20FN3O4S/c1-12(26)15-7-6-8-16(11-15)23-19(27)14(3)30-21-25-24-20(29-21)13(2)28-18-10-5-4-9-17(18)22/h4-11,13-14H,1-3H3,(H,23,27)/t13-,14+/m0/s1. The topological polar surface area (TPSA) is 94.3 Å². The molecule has 1 amide bonds. The minimum atomic E-state index is -0.665. The second kappa shape index (κ2) is 9.53. The smallest absolute Gasteiger partial charge is 0.277 e. The highest BCUT2D eigenvalue weighted by Gasteiger charge is 2.21. The summed E-state index contributed by atoms with van der Waals surface area (Å²) in [7, 11) is 0. The number of carbonyl (C=O) groups is 2. The van der Waals surface area contributed by atoms with Gasteiger partial charge in [0.25, 0.3) is 11.1 Å². The molecule has 1 N–H and O–H groups in total. The van der Waals surface area contributed by atoms with Gasteiger partial charge in [-0.05, 0) is 45.0 Å². The quantitative estimate of drug-likeness (QED) is 0.411. The molecule has 0 saturated carbocycles. The van der Waals surface area contributed by atoms with Gasteiger partial charge >= 0.3 is 0 Å². The van der Waals surface area contributed by atoms with E-state index in [0.717, 1.165) is 11.8 Å². The van der Waals surface area contributed by atoms with Gasteiger partial charge in [0.1, 0.15) is 0 Å². The van der Waals surface area contributed by atoms with E-state index in [1.54, 1.807) is 50.2 Å². The lowest BCUT2D eigenvalue weighted by Gasteiger charge is -2.11. The molecule has 7 nitrogen and oxygen atoms in total. The highest BCUT2D eigenvalue weighted by Crippen LogP contribution is 2.27. The molecule has 0 aliphatic rings. The fourth-order valence-corrected chi connectivity index (χ4v) is 3.17. The van der Waals surface area contributed by atoms with Crippen LogP contribution in [0.3, 0.4) is 0 Å². The van der Waals surface area contributed by atoms with E-state index in [4.69, 9.17) is 9.15 Å². The maximum absolute atomic E-state index is 13.7. The van der Waals surface area contributed by atoms with Crippen LogP contribution in [0.1, 0.15) is 43.1 Å². The number of ether oxygens (including phenoxy) is 1. The number of rotatable bonds is 8. The summed E-state index contributed by atoms with van der Waals surface area (Å²) in [5.41, 5.74) is 1.04. The summed E-state index contributed by atoms with van der Waals surface area (Å²) in [5, 5.41) is 10.2. The molecule has 0 spiro atoms. The molecule has 0 bridgehead atoms. The van der Waals surface area contributed by atoms with Crippen LogP contribution in [0.15, 0.2) is 58.2 Å². The van der Waals surface area contributed by atoms with Gasteiger partial charge in [-0.2, -0.15) is 0 Å². The van der Waals surface area contributed by atoms with Crippen molar-refractivity contribution in [1.29, 1.82) is 0 Å². The van der Waals surface area contributed by atoms with Gasteiger partial charge in [0, 0.05) is 11.3 Å². The van der Waals surface area contributed by atoms with Crippen LogP contribution in [0.5, 0.6) is 5.75 Å². The number of Topliss-reactive ketones (excluding diaryl/α,β-unsaturated/α-hetero) is 1. The largest absolute Gasteiger partial charge is 0.478 e. The molecule has 0 fully saturated rings. The Morgan fingerprint density at radius 2 is 1.90 bits per heavy atom. The second-order valence-corrected chi connectivity index (χ2v) is 7.78. The number of nitrogens with zero attached hydrogens (tertiary/aromatic N) is 2. The zero-order chi connectivity index (χ0) is 21.7. The summed E-state index contributed by atoms with van der Waals surface area (Å²) in [6.45, 7) is 4.81. The molecule has 1 aromatic heterocycles. The van der Waals surface area contributed by atoms with Crippen molar-refractivity contribution in [2.75, 3.05) is 5.32 Å². The van der Waals surface area contributed by atoms with Crippen molar-refractivity contribution in [3.8, 4) is 5.75 Å². The zero-order valence-electron chi connectivity index (χ0n) is 16.6. The summed E-state index contributed by atoms with van der Waals surface area (Å²) in [6.07, 6.45) is -0.665. The number of hydrogen-bond acceptors (Lipinski definition) is 7. The Morgan fingerprint density at radius 1 is 1.13 bits per heavy atom. The zero-order valence-corrected chi connectivity index (χ0v) is 17.4. The highest BCUT2D eigenvalue weighted by molar-refractivity contribution is 8.00. The summed E-state index contributed by atoms with van der Waals surface area (Å²) >= 11 is 1.08. The molecule has 30 heavy (non-hydrogen) atoms. The van der Waals surface area contributed by atoms with E-state index < -0.39 is 17.2 Å². The third-order valence-electron chi connectivity index (χ3n) is 4.09. The van der Waals surface area contributed by atoms with Crippen LogP contribution in [-0.2, 0) is 4.79 Å². The number of nitrogens with one attached hydrogen (secondary N) is 1. The number of para-hydroxylation sites is 1. The minimum Gasteiger partial charge on any atom is -0.478 e. The molecular weight excluding hydrogens is 409 g/mol. The summed E-state index contributed by atoms with van der Waals surface area (Å²) in [6, 6.07) is 12.7. The summed E-state index contributed by atoms with van der Waals surface area (Å²) < 4.78 is 24.8. The Balaban J connectivity index is 1.59. The molecule has 2 aromatic carbocycles. The molecule has 156 valence electrons.